The molecule has 5 nitrogen and oxygen atoms in total. The van der Waals surface area contributed by atoms with E-state index in [0.717, 1.165) is 11.8 Å². The van der Waals surface area contributed by atoms with E-state index in [2.05, 4.69) is 15.9 Å². The fraction of sp³-hybridized carbons (Fsp3) is 0.500. The van der Waals surface area contributed by atoms with Crippen LogP contribution < -0.4 is 0 Å². The predicted octanol–water partition coefficient (Wildman–Crippen LogP) is 1.70. The summed E-state index contributed by atoms with van der Waals surface area (Å²) in [5.41, 5.74) is 1.38. The van der Waals surface area contributed by atoms with Crippen molar-refractivity contribution >= 4 is 21.9 Å². The Kier molecular flexibility index (Phi) is 5.54. The Bertz CT molecular complexity index is 439. The van der Waals surface area contributed by atoms with Gasteiger partial charge < -0.3 is 14.9 Å². The van der Waals surface area contributed by atoms with Gasteiger partial charge in [-0.25, -0.2) is 4.90 Å². The number of esters is 1. The van der Waals surface area contributed by atoms with Gasteiger partial charge in [0.25, 0.3) is 0 Å². The molecule has 1 aromatic carbocycles. The fourth-order valence-corrected chi connectivity index (χ4v) is 2.48. The molecule has 0 bridgehead atoms. The minimum absolute atomic E-state index is 0.143. The van der Waals surface area contributed by atoms with Gasteiger partial charge in [0.05, 0.1) is 13.0 Å². The third-order valence-corrected chi connectivity index (χ3v) is 3.86. The summed E-state index contributed by atoms with van der Waals surface area (Å²) in [6, 6.07) is 7.18. The van der Waals surface area contributed by atoms with Crippen LogP contribution in [0.15, 0.2) is 24.3 Å². The summed E-state index contributed by atoms with van der Waals surface area (Å²) in [7, 11) is 0. The summed E-state index contributed by atoms with van der Waals surface area (Å²) < 4.78 is 5.03. The number of halogens is 1. The highest BCUT2D eigenvalue weighted by molar-refractivity contribution is 9.09. The number of aliphatic hydroxyl groups excluding tert-OH is 2. The molecule has 2 unspecified atom stereocenters. The zero-order valence-corrected chi connectivity index (χ0v) is 12.6. The van der Waals surface area contributed by atoms with Gasteiger partial charge in [0, 0.05) is 23.0 Å². The third kappa shape index (κ3) is 3.38. The van der Waals surface area contributed by atoms with E-state index >= 15 is 0 Å². The molecule has 1 heterocycles. The molecule has 0 fully saturated rings. The van der Waals surface area contributed by atoms with Gasteiger partial charge in [0.1, 0.15) is 12.5 Å². The maximum atomic E-state index is 11.5. The van der Waals surface area contributed by atoms with Crippen LogP contribution in [0, 0.1) is 0 Å². The first-order valence-electron chi connectivity index (χ1n) is 6.57. The molecule has 0 radical (unpaired) electrons. The normalized spacial score (nSPS) is 21.8. The second-order valence-corrected chi connectivity index (χ2v) is 5.42. The van der Waals surface area contributed by atoms with Crippen molar-refractivity contribution in [3.8, 4) is 0 Å². The quantitative estimate of drug-likeness (QED) is 0.467. The monoisotopic (exact) mass is 343 g/mol. The number of fused-ring (bicyclic) bond motifs is 1. The summed E-state index contributed by atoms with van der Waals surface area (Å²) in [5.74, 6) is -0.318. The van der Waals surface area contributed by atoms with Crippen LogP contribution >= 0.6 is 15.9 Å². The number of rotatable bonds is 6. The van der Waals surface area contributed by atoms with Gasteiger partial charge in [0.15, 0.2) is 0 Å². The molecular formula is C14H18BrNO4. The topological polar surface area (TPSA) is 70.0 Å². The SMILES string of the molecule is O=C(CCN1C(O)c2ccccc2C1O)OCCCBr. The molecule has 0 aliphatic carbocycles. The largest absolute Gasteiger partial charge is 0.466 e. The van der Waals surface area contributed by atoms with Crippen molar-refractivity contribution in [1.29, 1.82) is 0 Å². The highest BCUT2D eigenvalue weighted by atomic mass is 79.9. The van der Waals surface area contributed by atoms with Crippen LogP contribution in [0.3, 0.4) is 0 Å². The first-order chi connectivity index (χ1) is 9.65. The van der Waals surface area contributed by atoms with Crippen LogP contribution in [0.4, 0.5) is 0 Å². The Hall–Kier alpha value is -0.950. The molecule has 110 valence electrons. The average molecular weight is 344 g/mol. The van der Waals surface area contributed by atoms with E-state index in [1.807, 2.05) is 12.1 Å². The molecule has 0 spiro atoms. The Morgan fingerprint density at radius 1 is 1.25 bits per heavy atom. The van der Waals surface area contributed by atoms with E-state index in [1.165, 1.54) is 4.90 Å². The van der Waals surface area contributed by atoms with E-state index in [4.69, 9.17) is 4.74 Å². The van der Waals surface area contributed by atoms with Crippen molar-refractivity contribution < 1.29 is 19.7 Å². The molecule has 0 saturated carbocycles. The van der Waals surface area contributed by atoms with Crippen molar-refractivity contribution in [2.75, 3.05) is 18.5 Å². The second-order valence-electron chi connectivity index (χ2n) is 4.63. The van der Waals surface area contributed by atoms with Gasteiger partial charge in [-0.05, 0) is 6.42 Å². The van der Waals surface area contributed by atoms with E-state index < -0.39 is 12.5 Å². The summed E-state index contributed by atoms with van der Waals surface area (Å²) in [5, 5.41) is 21.1. The Balaban J connectivity index is 1.87. The van der Waals surface area contributed by atoms with Gasteiger partial charge >= 0.3 is 5.97 Å². The highest BCUT2D eigenvalue weighted by Gasteiger charge is 2.35. The summed E-state index contributed by atoms with van der Waals surface area (Å²) >= 11 is 3.26. The van der Waals surface area contributed by atoms with Gasteiger partial charge in [0.2, 0.25) is 0 Å². The molecule has 20 heavy (non-hydrogen) atoms. The number of benzene rings is 1. The summed E-state index contributed by atoms with van der Waals surface area (Å²) in [6.45, 7) is 0.638. The number of nitrogens with zero attached hydrogens (tertiary/aromatic N) is 1. The molecule has 2 N–H and O–H groups in total. The lowest BCUT2D eigenvalue weighted by atomic mass is 10.1. The minimum atomic E-state index is -0.878. The van der Waals surface area contributed by atoms with E-state index in [9.17, 15) is 15.0 Å². The smallest absolute Gasteiger partial charge is 0.307 e. The maximum Gasteiger partial charge on any atom is 0.307 e. The van der Waals surface area contributed by atoms with Crippen molar-refractivity contribution in [2.45, 2.75) is 25.3 Å². The Morgan fingerprint density at radius 3 is 2.40 bits per heavy atom. The standard InChI is InChI=1S/C14H18BrNO4/c15-7-3-9-20-12(17)6-8-16-13(18)10-4-1-2-5-11(10)14(16)19/h1-2,4-5,13-14,18-19H,3,6-9H2. The first-order valence-corrected chi connectivity index (χ1v) is 7.69. The summed E-state index contributed by atoms with van der Waals surface area (Å²) in [4.78, 5) is 13.0. The lowest BCUT2D eigenvalue weighted by molar-refractivity contribution is -0.146. The van der Waals surface area contributed by atoms with Crippen molar-refractivity contribution in [2.24, 2.45) is 0 Å². The van der Waals surface area contributed by atoms with E-state index in [0.29, 0.717) is 17.7 Å². The predicted molar refractivity (Wildman–Crippen MR) is 77.1 cm³/mol. The lowest BCUT2D eigenvalue weighted by Crippen LogP contribution is -2.29. The van der Waals surface area contributed by atoms with Crippen LogP contribution in [0.2, 0.25) is 0 Å². The molecule has 1 aromatic rings. The number of hydrogen-bond acceptors (Lipinski definition) is 5. The van der Waals surface area contributed by atoms with E-state index in [-0.39, 0.29) is 18.9 Å². The molecular weight excluding hydrogens is 326 g/mol. The molecule has 1 aliphatic rings. The van der Waals surface area contributed by atoms with E-state index in [1.54, 1.807) is 12.1 Å². The zero-order chi connectivity index (χ0) is 14.5. The zero-order valence-electron chi connectivity index (χ0n) is 11.0. The number of alkyl halides is 1. The third-order valence-electron chi connectivity index (χ3n) is 3.30. The van der Waals surface area contributed by atoms with Crippen molar-refractivity contribution in [1.82, 2.24) is 4.90 Å². The van der Waals surface area contributed by atoms with Crippen LogP contribution in [0.25, 0.3) is 0 Å². The minimum Gasteiger partial charge on any atom is -0.466 e. The van der Waals surface area contributed by atoms with Gasteiger partial charge in [-0.3, -0.25) is 4.79 Å². The second kappa shape index (κ2) is 7.17. The number of carbonyl (C=O) groups is 1. The first kappa shape index (κ1) is 15.4. The highest BCUT2D eigenvalue weighted by Crippen LogP contribution is 2.38. The van der Waals surface area contributed by atoms with Gasteiger partial charge in [-0.1, -0.05) is 40.2 Å². The Morgan fingerprint density at radius 2 is 1.85 bits per heavy atom. The number of hydrogen-bond donors (Lipinski definition) is 2. The molecule has 6 heteroatoms. The fourth-order valence-electron chi connectivity index (χ4n) is 2.25. The van der Waals surface area contributed by atoms with Crippen LogP contribution in [-0.4, -0.2) is 39.6 Å². The molecule has 0 amide bonds. The van der Waals surface area contributed by atoms with Crippen molar-refractivity contribution in [3.05, 3.63) is 35.4 Å². The number of aliphatic hydroxyl groups is 2. The maximum absolute atomic E-state index is 11.5. The lowest BCUT2D eigenvalue weighted by Gasteiger charge is -2.23. The van der Waals surface area contributed by atoms with Crippen LogP contribution in [0.5, 0.6) is 0 Å². The molecule has 2 rings (SSSR count). The molecule has 0 aromatic heterocycles. The number of ether oxygens (including phenoxy) is 1. The molecule has 2 atom stereocenters. The van der Waals surface area contributed by atoms with Gasteiger partial charge in [-0.15, -0.1) is 0 Å². The van der Waals surface area contributed by atoms with Gasteiger partial charge in [-0.2, -0.15) is 0 Å². The number of carbonyl (C=O) groups excluding carboxylic acids is 1. The molecule has 1 aliphatic heterocycles. The molecule has 0 saturated heterocycles. The Labute approximate surface area is 126 Å². The summed E-state index contributed by atoms with van der Waals surface area (Å²) in [6.07, 6.45) is -0.843. The van der Waals surface area contributed by atoms with Crippen LogP contribution in [0.1, 0.15) is 36.4 Å². The van der Waals surface area contributed by atoms with Crippen LogP contribution in [-0.2, 0) is 9.53 Å². The average Bonchev–Trinajstić information content (AvgIpc) is 2.70. The van der Waals surface area contributed by atoms with Crippen molar-refractivity contribution in [3.63, 3.8) is 0 Å².